The molecule has 0 aliphatic heterocycles. The Labute approximate surface area is 65.9 Å². The molecule has 4 nitrogen and oxygen atoms in total. The molecule has 1 aliphatic carbocycles. The third-order valence-electron chi connectivity index (χ3n) is 1.84. The second kappa shape index (κ2) is 3.57. The van der Waals surface area contributed by atoms with Gasteiger partial charge in [0.1, 0.15) is 6.10 Å². The fourth-order valence-electron chi connectivity index (χ4n) is 1.08. The van der Waals surface area contributed by atoms with Crippen LogP contribution in [0.25, 0.3) is 0 Å². The molecule has 0 aromatic heterocycles. The van der Waals surface area contributed by atoms with Gasteiger partial charge in [-0.05, 0) is 12.3 Å². The van der Waals surface area contributed by atoms with Crippen LogP contribution in [0.3, 0.4) is 0 Å². The minimum absolute atomic E-state index is 0.167. The predicted octanol–water partition coefficient (Wildman–Crippen LogP) is 0.209. The first-order valence-corrected chi connectivity index (χ1v) is 3.88. The molecule has 0 radical (unpaired) electrons. The molecule has 0 aromatic rings. The summed E-state index contributed by atoms with van der Waals surface area (Å²) in [6.07, 6.45) is 2.46. The minimum atomic E-state index is -0.721. The summed E-state index contributed by atoms with van der Waals surface area (Å²) >= 11 is 0. The largest absolute Gasteiger partial charge is 0.445 e. The van der Waals surface area contributed by atoms with Gasteiger partial charge < -0.3 is 16.2 Å². The quantitative estimate of drug-likeness (QED) is 0.613. The van der Waals surface area contributed by atoms with E-state index in [9.17, 15) is 4.79 Å². The highest BCUT2D eigenvalue weighted by Gasteiger charge is 2.26. The van der Waals surface area contributed by atoms with Gasteiger partial charge in [0.05, 0.1) is 0 Å². The Morgan fingerprint density at radius 1 is 1.64 bits per heavy atom. The Balaban J connectivity index is 2.17. The van der Waals surface area contributed by atoms with Crippen molar-refractivity contribution in [1.82, 2.24) is 0 Å². The molecule has 0 bridgehead atoms. The Hall–Kier alpha value is -0.770. The van der Waals surface area contributed by atoms with E-state index in [1.165, 1.54) is 12.8 Å². The van der Waals surface area contributed by atoms with Crippen molar-refractivity contribution >= 4 is 6.09 Å². The monoisotopic (exact) mass is 158 g/mol. The first kappa shape index (κ1) is 8.33. The van der Waals surface area contributed by atoms with Crippen molar-refractivity contribution in [2.24, 2.45) is 17.4 Å². The highest BCUT2D eigenvalue weighted by molar-refractivity contribution is 5.64. The molecule has 0 aromatic carbocycles. The first-order valence-electron chi connectivity index (χ1n) is 3.88. The van der Waals surface area contributed by atoms with Crippen LogP contribution in [0.5, 0.6) is 0 Å². The third kappa shape index (κ3) is 3.23. The van der Waals surface area contributed by atoms with Gasteiger partial charge in [0.25, 0.3) is 0 Å². The van der Waals surface area contributed by atoms with Gasteiger partial charge in [-0.1, -0.05) is 12.8 Å². The molecule has 0 saturated heterocycles. The zero-order chi connectivity index (χ0) is 8.27. The fourth-order valence-corrected chi connectivity index (χ4v) is 1.08. The number of hydrogen-bond donors (Lipinski definition) is 2. The molecular formula is C7H14N2O2. The van der Waals surface area contributed by atoms with Crippen molar-refractivity contribution in [2.75, 3.05) is 6.54 Å². The normalized spacial score (nSPS) is 19.4. The van der Waals surface area contributed by atoms with Crippen molar-refractivity contribution in [3.8, 4) is 0 Å². The lowest BCUT2D eigenvalue weighted by molar-refractivity contribution is 0.102. The van der Waals surface area contributed by atoms with Crippen molar-refractivity contribution in [1.29, 1.82) is 0 Å². The summed E-state index contributed by atoms with van der Waals surface area (Å²) in [7, 11) is 0. The summed E-state index contributed by atoms with van der Waals surface area (Å²) in [4.78, 5) is 10.3. The van der Waals surface area contributed by atoms with E-state index in [1.807, 2.05) is 0 Å². The van der Waals surface area contributed by atoms with E-state index < -0.39 is 6.09 Å². The molecule has 64 valence electrons. The molecule has 1 atom stereocenters. The van der Waals surface area contributed by atoms with Crippen LogP contribution in [0, 0.1) is 5.92 Å². The average molecular weight is 158 g/mol. The molecular weight excluding hydrogens is 144 g/mol. The number of hydrogen-bond acceptors (Lipinski definition) is 3. The molecule has 0 heterocycles. The summed E-state index contributed by atoms with van der Waals surface area (Å²) in [5, 5.41) is 0. The number of rotatable bonds is 4. The number of ether oxygens (including phenoxy) is 1. The number of primary amides is 1. The molecule has 4 N–H and O–H groups in total. The second-order valence-corrected chi connectivity index (χ2v) is 2.97. The molecule has 1 saturated carbocycles. The summed E-state index contributed by atoms with van der Waals surface area (Å²) < 4.78 is 4.76. The summed E-state index contributed by atoms with van der Waals surface area (Å²) in [6, 6.07) is 0. The first-order chi connectivity index (χ1) is 5.22. The van der Waals surface area contributed by atoms with E-state index in [0.717, 1.165) is 6.42 Å². The van der Waals surface area contributed by atoms with Crippen LogP contribution in [0.1, 0.15) is 19.3 Å². The van der Waals surface area contributed by atoms with E-state index in [4.69, 9.17) is 16.2 Å². The lowest BCUT2D eigenvalue weighted by Crippen LogP contribution is -2.29. The van der Waals surface area contributed by atoms with Gasteiger partial charge in [0.2, 0.25) is 0 Å². The maximum absolute atomic E-state index is 10.3. The standard InChI is InChI=1S/C7H14N2O2/c8-4-6(11-7(9)10)3-5-1-2-5/h5-6H,1-4,8H2,(H2,9,10). The maximum atomic E-state index is 10.3. The Morgan fingerprint density at radius 3 is 2.64 bits per heavy atom. The predicted molar refractivity (Wildman–Crippen MR) is 40.9 cm³/mol. The van der Waals surface area contributed by atoms with E-state index in [1.54, 1.807) is 0 Å². The molecule has 1 aliphatic rings. The molecule has 1 fully saturated rings. The highest BCUT2D eigenvalue weighted by atomic mass is 16.6. The van der Waals surface area contributed by atoms with Crippen LogP contribution < -0.4 is 11.5 Å². The zero-order valence-corrected chi connectivity index (χ0v) is 6.45. The molecule has 1 amide bonds. The number of carbonyl (C=O) groups is 1. The molecule has 0 spiro atoms. The van der Waals surface area contributed by atoms with Crippen LogP contribution in [0.15, 0.2) is 0 Å². The van der Waals surface area contributed by atoms with Crippen molar-refractivity contribution in [3.63, 3.8) is 0 Å². The lowest BCUT2D eigenvalue weighted by atomic mass is 10.2. The van der Waals surface area contributed by atoms with E-state index in [2.05, 4.69) is 0 Å². The second-order valence-electron chi connectivity index (χ2n) is 2.97. The van der Waals surface area contributed by atoms with Crippen molar-refractivity contribution < 1.29 is 9.53 Å². The van der Waals surface area contributed by atoms with E-state index in [-0.39, 0.29) is 6.10 Å². The highest BCUT2D eigenvalue weighted by Crippen LogP contribution is 2.33. The van der Waals surface area contributed by atoms with Gasteiger partial charge >= 0.3 is 6.09 Å². The molecule has 11 heavy (non-hydrogen) atoms. The van der Waals surface area contributed by atoms with E-state index in [0.29, 0.717) is 12.5 Å². The third-order valence-corrected chi connectivity index (χ3v) is 1.84. The van der Waals surface area contributed by atoms with Crippen LogP contribution >= 0.6 is 0 Å². The van der Waals surface area contributed by atoms with E-state index >= 15 is 0 Å². The molecule has 4 heteroatoms. The van der Waals surface area contributed by atoms with Gasteiger partial charge in [-0.15, -0.1) is 0 Å². The van der Waals surface area contributed by atoms with Gasteiger partial charge in [-0.3, -0.25) is 0 Å². The van der Waals surface area contributed by atoms with Crippen molar-refractivity contribution in [2.45, 2.75) is 25.4 Å². The van der Waals surface area contributed by atoms with Gasteiger partial charge in [0.15, 0.2) is 0 Å². The Bertz CT molecular complexity index is 145. The van der Waals surface area contributed by atoms with Gasteiger partial charge in [-0.2, -0.15) is 0 Å². The van der Waals surface area contributed by atoms with Crippen molar-refractivity contribution in [3.05, 3.63) is 0 Å². The maximum Gasteiger partial charge on any atom is 0.404 e. The minimum Gasteiger partial charge on any atom is -0.445 e. The number of nitrogens with two attached hydrogens (primary N) is 2. The summed E-state index contributed by atoms with van der Waals surface area (Å²) in [6.45, 7) is 0.374. The number of carbonyl (C=O) groups excluding carboxylic acids is 1. The average Bonchev–Trinajstić information content (AvgIpc) is 2.69. The van der Waals surface area contributed by atoms with Gasteiger partial charge in [0, 0.05) is 6.54 Å². The van der Waals surface area contributed by atoms with Gasteiger partial charge in [-0.25, -0.2) is 4.79 Å². The SMILES string of the molecule is NCC(CC1CC1)OC(N)=O. The Kier molecular flexibility index (Phi) is 2.70. The number of amides is 1. The smallest absolute Gasteiger partial charge is 0.404 e. The Morgan fingerprint density at radius 2 is 2.27 bits per heavy atom. The zero-order valence-electron chi connectivity index (χ0n) is 6.45. The summed E-state index contributed by atoms with van der Waals surface area (Å²) in [5.41, 5.74) is 10.2. The van der Waals surface area contributed by atoms with Crippen LogP contribution in [0.4, 0.5) is 4.79 Å². The fraction of sp³-hybridized carbons (Fsp3) is 0.857. The lowest BCUT2D eigenvalue weighted by Gasteiger charge is -2.12. The topological polar surface area (TPSA) is 78.3 Å². The molecule has 1 unspecified atom stereocenters. The summed E-state index contributed by atoms with van der Waals surface area (Å²) in [5.74, 6) is 0.711. The van der Waals surface area contributed by atoms with Crippen LogP contribution in [-0.2, 0) is 4.74 Å². The van der Waals surface area contributed by atoms with Crippen LogP contribution in [0.2, 0.25) is 0 Å². The molecule has 1 rings (SSSR count). The van der Waals surface area contributed by atoms with Crippen LogP contribution in [-0.4, -0.2) is 18.7 Å².